The summed E-state index contributed by atoms with van der Waals surface area (Å²) >= 11 is 7.28. The van der Waals surface area contributed by atoms with Gasteiger partial charge in [0, 0.05) is 17.1 Å². The van der Waals surface area contributed by atoms with E-state index >= 15 is 0 Å². The summed E-state index contributed by atoms with van der Waals surface area (Å²) in [7, 11) is 0. The Kier molecular flexibility index (Phi) is 5.98. The van der Waals surface area contributed by atoms with Crippen molar-refractivity contribution in [3.05, 3.63) is 0 Å². The first-order chi connectivity index (χ1) is 2.00. The minimum atomic E-state index is -3.72. The predicted octanol–water partition coefficient (Wildman–Crippen LogP) is -1.52. The topological polar surface area (TPSA) is 46.1 Å². The van der Waals surface area contributed by atoms with Gasteiger partial charge in [-0.3, -0.25) is 0 Å². The van der Waals surface area contributed by atoms with Crippen molar-refractivity contribution < 1.29 is 26.9 Å². The van der Waals surface area contributed by atoms with Gasteiger partial charge < -0.3 is 27.7 Å². The molecule has 6 heteroatoms. The van der Waals surface area contributed by atoms with Gasteiger partial charge in [-0.1, -0.05) is 0 Å². The molecule has 43 valence electrons. The summed E-state index contributed by atoms with van der Waals surface area (Å²) in [5.41, 5.74) is -3.72. The van der Waals surface area contributed by atoms with Gasteiger partial charge >= 0.3 is 0 Å². The summed E-state index contributed by atoms with van der Waals surface area (Å²) in [6.07, 6.45) is 0. The molecule has 0 saturated heterocycles. The maximum absolute atomic E-state index is 9.29. The van der Waals surface area contributed by atoms with Gasteiger partial charge in [0.25, 0.3) is 0 Å². The standard InChI is InChI=1S/Cu.H3O2PS2/c;1-3(2,4)5/h;(H3,1,2,4,5)/p-3. The van der Waals surface area contributed by atoms with Crippen molar-refractivity contribution in [2.45, 2.75) is 0 Å². The van der Waals surface area contributed by atoms with E-state index in [9.17, 15) is 9.79 Å². The molecular formula is CuO2PS2-3. The Morgan fingerprint density at radius 3 is 1.50 bits per heavy atom. The Bertz CT molecular complexity index is 57.7. The van der Waals surface area contributed by atoms with Gasteiger partial charge in [0.15, 0.2) is 0 Å². The van der Waals surface area contributed by atoms with Crippen LogP contribution in [0.25, 0.3) is 0 Å². The van der Waals surface area contributed by atoms with Crippen LogP contribution in [0.3, 0.4) is 0 Å². The minimum absolute atomic E-state index is 0. The van der Waals surface area contributed by atoms with Crippen LogP contribution in [0.2, 0.25) is 0 Å². The summed E-state index contributed by atoms with van der Waals surface area (Å²) < 4.78 is 0. The normalized spacial score (nSPS) is 9.83. The van der Waals surface area contributed by atoms with Crippen LogP contribution in [-0.4, -0.2) is 0 Å². The molecule has 0 N–H and O–H groups in total. The number of hydrogen-bond donors (Lipinski definition) is 0. The quantitative estimate of drug-likeness (QED) is 0.264. The van der Waals surface area contributed by atoms with Gasteiger partial charge in [-0.05, 0) is 0 Å². The van der Waals surface area contributed by atoms with E-state index in [-0.39, 0.29) is 17.1 Å². The summed E-state index contributed by atoms with van der Waals surface area (Å²) in [4.78, 5) is 18.6. The van der Waals surface area contributed by atoms with Crippen molar-refractivity contribution in [3.8, 4) is 0 Å². The third-order valence-electron chi connectivity index (χ3n) is 0. The molecular weight excluding hydrogens is 191 g/mol. The molecule has 0 aromatic heterocycles. The van der Waals surface area contributed by atoms with Crippen LogP contribution in [0.15, 0.2) is 0 Å². The molecule has 0 aromatic carbocycles. The van der Waals surface area contributed by atoms with E-state index in [0.717, 1.165) is 0 Å². The smallest absolute Gasteiger partial charge is 0 e. The molecule has 0 aromatic rings. The molecule has 0 heterocycles. The van der Waals surface area contributed by atoms with Crippen molar-refractivity contribution in [2.75, 3.05) is 0 Å². The molecule has 0 aliphatic heterocycles. The monoisotopic (exact) mass is 190 g/mol. The maximum atomic E-state index is 9.29. The van der Waals surface area contributed by atoms with Crippen LogP contribution in [0, 0.1) is 0 Å². The van der Waals surface area contributed by atoms with Crippen LogP contribution in [-0.2, 0) is 41.1 Å². The molecule has 1 radical (unpaired) electrons. The van der Waals surface area contributed by atoms with E-state index in [0.29, 0.717) is 0 Å². The molecule has 0 saturated carbocycles. The third-order valence-corrected chi connectivity index (χ3v) is 0. The summed E-state index contributed by atoms with van der Waals surface area (Å²) in [5.74, 6) is 0. The molecule has 0 fully saturated rings. The fourth-order valence-electron chi connectivity index (χ4n) is 0. The van der Waals surface area contributed by atoms with E-state index in [1.807, 2.05) is 0 Å². The summed E-state index contributed by atoms with van der Waals surface area (Å²) in [6.45, 7) is 0. The average molecular weight is 191 g/mol. The van der Waals surface area contributed by atoms with Gasteiger partial charge in [0.2, 0.25) is 0 Å². The average Bonchev–Trinajstić information content (AvgIpc) is 0.722. The fraction of sp³-hybridized carbons (Fsp3) is 0. The van der Waals surface area contributed by atoms with Crippen molar-refractivity contribution in [3.63, 3.8) is 0 Å². The minimum Gasteiger partial charge on any atom is -0.850 e. The maximum Gasteiger partial charge on any atom is 0 e. The molecule has 0 aliphatic carbocycles. The molecule has 0 aliphatic rings. The fourth-order valence-corrected chi connectivity index (χ4v) is 0. The SMILES string of the molecule is [Cu].[O-]P([O-])(=S)[S-]. The first kappa shape index (κ1) is 10.4. The van der Waals surface area contributed by atoms with Gasteiger partial charge in [-0.25, -0.2) is 0 Å². The first-order valence-electron chi connectivity index (χ1n) is 0.730. The molecule has 2 nitrogen and oxygen atoms in total. The van der Waals surface area contributed by atoms with E-state index in [2.05, 4.69) is 24.1 Å². The molecule has 0 bridgehead atoms. The Morgan fingerprint density at radius 1 is 1.50 bits per heavy atom. The summed E-state index contributed by atoms with van der Waals surface area (Å²) in [5, 5.41) is 0. The van der Waals surface area contributed by atoms with Crippen LogP contribution in [0.5, 0.6) is 0 Å². The van der Waals surface area contributed by atoms with Crippen LogP contribution in [0.1, 0.15) is 0 Å². The molecule has 0 atom stereocenters. The van der Waals surface area contributed by atoms with Crippen LogP contribution >= 0.6 is 5.69 Å². The van der Waals surface area contributed by atoms with Gasteiger partial charge in [0.1, 0.15) is 0 Å². The molecule has 0 amide bonds. The van der Waals surface area contributed by atoms with E-state index in [1.165, 1.54) is 0 Å². The van der Waals surface area contributed by atoms with E-state index < -0.39 is 5.69 Å². The Balaban J connectivity index is 0. The van der Waals surface area contributed by atoms with Crippen molar-refractivity contribution >= 4 is 29.7 Å². The largest absolute Gasteiger partial charge is 0.850 e. The predicted molar refractivity (Wildman–Crippen MR) is 21.6 cm³/mol. The van der Waals surface area contributed by atoms with Gasteiger partial charge in [0.05, 0.1) is 0 Å². The molecule has 0 unspecified atom stereocenters. The first-order valence-corrected chi connectivity index (χ1v) is 4.38. The molecule has 0 rings (SSSR count). The zero-order valence-corrected chi connectivity index (χ0v) is 5.85. The van der Waals surface area contributed by atoms with Gasteiger partial charge in [-0.15, -0.1) is 0 Å². The van der Waals surface area contributed by atoms with Crippen molar-refractivity contribution in [2.24, 2.45) is 0 Å². The second-order valence-corrected chi connectivity index (χ2v) is 4.92. The van der Waals surface area contributed by atoms with Gasteiger partial charge in [-0.2, -0.15) is 11.8 Å². The van der Waals surface area contributed by atoms with E-state index in [4.69, 9.17) is 0 Å². The Morgan fingerprint density at radius 2 is 1.50 bits per heavy atom. The number of hydrogen-bond acceptors (Lipinski definition) is 4. The zero-order valence-electron chi connectivity index (χ0n) is 2.38. The molecule has 6 heavy (non-hydrogen) atoms. The van der Waals surface area contributed by atoms with Crippen LogP contribution < -0.4 is 9.79 Å². The second kappa shape index (κ2) is 3.44. The zero-order chi connectivity index (χ0) is 4.50. The number of rotatable bonds is 0. The van der Waals surface area contributed by atoms with Crippen molar-refractivity contribution in [1.82, 2.24) is 0 Å². The Hall–Kier alpha value is 1.44. The van der Waals surface area contributed by atoms with Crippen LogP contribution in [0.4, 0.5) is 0 Å². The molecule has 0 spiro atoms. The third kappa shape index (κ3) is 51.7. The van der Waals surface area contributed by atoms with E-state index in [1.54, 1.807) is 0 Å². The Labute approximate surface area is 56.8 Å². The second-order valence-electron chi connectivity index (χ2n) is 0.447. The summed E-state index contributed by atoms with van der Waals surface area (Å²) in [6, 6.07) is 0. The van der Waals surface area contributed by atoms with Crippen molar-refractivity contribution in [1.29, 1.82) is 0 Å².